The summed E-state index contributed by atoms with van der Waals surface area (Å²) in [5, 5.41) is 12.4. The van der Waals surface area contributed by atoms with Crippen molar-refractivity contribution in [3.63, 3.8) is 0 Å². The summed E-state index contributed by atoms with van der Waals surface area (Å²) in [6.07, 6.45) is 6.13. The van der Waals surface area contributed by atoms with Crippen molar-refractivity contribution < 1.29 is 14.7 Å². The van der Waals surface area contributed by atoms with Crippen molar-refractivity contribution >= 4 is 11.8 Å². The van der Waals surface area contributed by atoms with Gasteiger partial charge in [-0.05, 0) is 32.0 Å². The van der Waals surface area contributed by atoms with Crippen LogP contribution in [0, 0.1) is 5.92 Å². The van der Waals surface area contributed by atoms with E-state index in [1.165, 1.54) is 0 Å². The van der Waals surface area contributed by atoms with E-state index in [0.717, 1.165) is 51.4 Å². The molecule has 2 N–H and O–H groups in total. The molecule has 2 aliphatic heterocycles. The van der Waals surface area contributed by atoms with Gasteiger partial charge in [-0.25, -0.2) is 0 Å². The Balaban J connectivity index is 1.41. The van der Waals surface area contributed by atoms with E-state index in [-0.39, 0.29) is 17.7 Å². The molecule has 3 rings (SSSR count). The van der Waals surface area contributed by atoms with Crippen molar-refractivity contribution in [3.8, 4) is 0 Å². The van der Waals surface area contributed by atoms with E-state index in [1.54, 1.807) is 12.2 Å². The number of amides is 2. The molecule has 0 aromatic heterocycles. The minimum atomic E-state index is -0.456. The second-order valence-electron chi connectivity index (χ2n) is 7.35. The largest absolute Gasteiger partial charge is 0.389 e. The van der Waals surface area contributed by atoms with Crippen LogP contribution in [0.4, 0.5) is 0 Å². The summed E-state index contributed by atoms with van der Waals surface area (Å²) >= 11 is 0. The molecule has 0 aromatic carbocycles. The standard InChI is InChI=1S/C19H30N4O3/c1-2-21-9-11-23(12-10-21)18(25)14-22-8-7-15(13-22)19(26)20-16-3-5-17(24)6-4-16/h3-5,15,17,24H,2,6-14H2,1H3,(H,20,26)/t15-,17?/m1/s1. The summed E-state index contributed by atoms with van der Waals surface area (Å²) in [4.78, 5) is 31.3. The van der Waals surface area contributed by atoms with Crippen LogP contribution in [0.5, 0.6) is 0 Å². The first kappa shape index (κ1) is 19.1. The molecule has 0 radical (unpaired) electrons. The molecule has 144 valence electrons. The summed E-state index contributed by atoms with van der Waals surface area (Å²) < 4.78 is 0. The molecule has 0 saturated carbocycles. The Labute approximate surface area is 155 Å². The number of likely N-dealkylation sites (tertiary alicyclic amines) is 1. The molecule has 0 bridgehead atoms. The van der Waals surface area contributed by atoms with Crippen LogP contribution < -0.4 is 5.32 Å². The molecule has 2 heterocycles. The molecule has 2 amide bonds. The van der Waals surface area contributed by atoms with E-state index in [0.29, 0.717) is 19.5 Å². The summed E-state index contributed by atoms with van der Waals surface area (Å²) in [6.45, 7) is 8.51. The van der Waals surface area contributed by atoms with E-state index in [1.807, 2.05) is 11.0 Å². The van der Waals surface area contributed by atoms with Crippen molar-refractivity contribution in [1.29, 1.82) is 0 Å². The number of nitrogens with one attached hydrogen (secondary N) is 1. The summed E-state index contributed by atoms with van der Waals surface area (Å²) in [5.74, 6) is 0.0957. The van der Waals surface area contributed by atoms with E-state index in [4.69, 9.17) is 0 Å². The van der Waals surface area contributed by atoms with Crippen LogP contribution >= 0.6 is 0 Å². The first-order chi connectivity index (χ1) is 12.5. The Kier molecular flexibility index (Phi) is 6.45. The lowest BCUT2D eigenvalue weighted by molar-refractivity contribution is -0.134. The van der Waals surface area contributed by atoms with Crippen LogP contribution in [0.2, 0.25) is 0 Å². The zero-order valence-corrected chi connectivity index (χ0v) is 15.6. The number of nitrogens with zero attached hydrogens (tertiary/aromatic N) is 3. The maximum Gasteiger partial charge on any atom is 0.236 e. The maximum atomic E-state index is 12.5. The van der Waals surface area contributed by atoms with Crippen molar-refractivity contribution in [3.05, 3.63) is 23.9 Å². The van der Waals surface area contributed by atoms with Gasteiger partial charge >= 0.3 is 0 Å². The molecule has 0 spiro atoms. The zero-order chi connectivity index (χ0) is 18.5. The smallest absolute Gasteiger partial charge is 0.236 e. The van der Waals surface area contributed by atoms with Crippen molar-refractivity contribution in [1.82, 2.24) is 20.0 Å². The number of hydrogen-bond acceptors (Lipinski definition) is 5. The highest BCUT2D eigenvalue weighted by Gasteiger charge is 2.31. The van der Waals surface area contributed by atoms with Gasteiger partial charge in [0.05, 0.1) is 18.6 Å². The van der Waals surface area contributed by atoms with E-state index < -0.39 is 6.10 Å². The number of hydrogen-bond donors (Lipinski definition) is 2. The maximum absolute atomic E-state index is 12.5. The number of carbonyl (C=O) groups excluding carboxylic acids is 2. The fourth-order valence-corrected chi connectivity index (χ4v) is 3.74. The summed E-state index contributed by atoms with van der Waals surface area (Å²) in [5.41, 5.74) is 0.753. The van der Waals surface area contributed by atoms with Gasteiger partial charge in [0.25, 0.3) is 0 Å². The number of allylic oxidation sites excluding steroid dienone is 1. The quantitative estimate of drug-likeness (QED) is 0.708. The van der Waals surface area contributed by atoms with Gasteiger partial charge in [-0.1, -0.05) is 19.1 Å². The van der Waals surface area contributed by atoms with Gasteiger partial charge in [-0.15, -0.1) is 0 Å². The van der Waals surface area contributed by atoms with Crippen molar-refractivity contribution in [2.24, 2.45) is 5.92 Å². The van der Waals surface area contributed by atoms with Crippen LogP contribution in [0.3, 0.4) is 0 Å². The Hall–Kier alpha value is -1.70. The molecule has 2 atom stereocenters. The van der Waals surface area contributed by atoms with E-state index in [9.17, 15) is 14.7 Å². The number of rotatable bonds is 5. The Morgan fingerprint density at radius 2 is 1.96 bits per heavy atom. The van der Waals surface area contributed by atoms with Gasteiger partial charge in [0, 0.05) is 38.4 Å². The monoisotopic (exact) mass is 362 g/mol. The zero-order valence-electron chi connectivity index (χ0n) is 15.6. The average molecular weight is 362 g/mol. The van der Waals surface area contributed by atoms with E-state index >= 15 is 0 Å². The van der Waals surface area contributed by atoms with Crippen molar-refractivity contribution in [2.45, 2.75) is 25.9 Å². The Bertz CT molecular complexity index is 581. The highest BCUT2D eigenvalue weighted by molar-refractivity contribution is 5.82. The molecule has 7 nitrogen and oxygen atoms in total. The third kappa shape index (κ3) is 4.93. The van der Waals surface area contributed by atoms with Gasteiger partial charge < -0.3 is 20.2 Å². The number of carbonyl (C=O) groups is 2. The first-order valence-corrected chi connectivity index (χ1v) is 9.65. The Morgan fingerprint density at radius 1 is 1.19 bits per heavy atom. The first-order valence-electron chi connectivity index (χ1n) is 9.65. The molecule has 2 fully saturated rings. The predicted molar refractivity (Wildman–Crippen MR) is 99.2 cm³/mol. The lowest BCUT2D eigenvalue weighted by atomic mass is 10.1. The molecule has 7 heteroatoms. The SMILES string of the molecule is CCN1CCN(C(=O)CN2CC[C@@H](C(=O)NC3=CCC(O)C=C3)C2)CC1. The lowest BCUT2D eigenvalue weighted by Gasteiger charge is -2.34. The molecule has 1 unspecified atom stereocenters. The highest BCUT2D eigenvalue weighted by atomic mass is 16.3. The van der Waals surface area contributed by atoms with Crippen LogP contribution in [-0.2, 0) is 9.59 Å². The summed E-state index contributed by atoms with van der Waals surface area (Å²) in [6, 6.07) is 0. The number of piperazine rings is 1. The average Bonchev–Trinajstić information content (AvgIpc) is 3.12. The topological polar surface area (TPSA) is 76.1 Å². The minimum Gasteiger partial charge on any atom is -0.389 e. The number of aliphatic hydroxyl groups excluding tert-OH is 1. The third-order valence-corrected chi connectivity index (χ3v) is 5.52. The number of likely N-dealkylation sites (N-methyl/N-ethyl adjacent to an activating group) is 1. The van der Waals surface area contributed by atoms with Gasteiger partial charge in [-0.3, -0.25) is 14.5 Å². The van der Waals surface area contributed by atoms with E-state index in [2.05, 4.69) is 22.0 Å². The molecule has 1 aliphatic carbocycles. The fraction of sp³-hybridized carbons (Fsp3) is 0.684. The Morgan fingerprint density at radius 3 is 2.62 bits per heavy atom. The third-order valence-electron chi connectivity index (χ3n) is 5.52. The fourth-order valence-electron chi connectivity index (χ4n) is 3.74. The second-order valence-corrected chi connectivity index (χ2v) is 7.35. The second kappa shape index (κ2) is 8.79. The van der Waals surface area contributed by atoms with Gasteiger partial charge in [0.1, 0.15) is 0 Å². The molecular weight excluding hydrogens is 332 g/mol. The minimum absolute atomic E-state index is 0.00352. The van der Waals surface area contributed by atoms with Crippen molar-refractivity contribution in [2.75, 3.05) is 52.4 Å². The lowest BCUT2D eigenvalue weighted by Crippen LogP contribution is -2.51. The molecule has 2 saturated heterocycles. The summed E-state index contributed by atoms with van der Waals surface area (Å²) in [7, 11) is 0. The van der Waals surface area contributed by atoms with Gasteiger partial charge in [0.15, 0.2) is 0 Å². The highest BCUT2D eigenvalue weighted by Crippen LogP contribution is 2.18. The van der Waals surface area contributed by atoms with Gasteiger partial charge in [-0.2, -0.15) is 0 Å². The normalized spacial score (nSPS) is 27.5. The molecule has 3 aliphatic rings. The van der Waals surface area contributed by atoms with Crippen LogP contribution in [-0.4, -0.2) is 90.1 Å². The number of aliphatic hydroxyl groups is 1. The molecule has 26 heavy (non-hydrogen) atoms. The van der Waals surface area contributed by atoms with Gasteiger partial charge in [0.2, 0.25) is 11.8 Å². The van der Waals surface area contributed by atoms with Crippen LogP contribution in [0.25, 0.3) is 0 Å². The van der Waals surface area contributed by atoms with Crippen LogP contribution in [0.15, 0.2) is 23.9 Å². The molecule has 0 aromatic rings. The van der Waals surface area contributed by atoms with Crippen LogP contribution in [0.1, 0.15) is 19.8 Å². The predicted octanol–water partition coefficient (Wildman–Crippen LogP) is -0.207. The molecular formula is C19H30N4O3.